The Labute approximate surface area is 101 Å². The van der Waals surface area contributed by atoms with Crippen LogP contribution in [0.2, 0.25) is 5.02 Å². The lowest BCUT2D eigenvalue weighted by molar-refractivity contribution is 0.454. The first kappa shape index (κ1) is 11.0. The fourth-order valence-electron chi connectivity index (χ4n) is 1.04. The molecule has 0 saturated carbocycles. The standard InChI is InChI=1S/C10H6ClN3OS/c1-6-5-15-10(14-6)16-9-8(11)7(4-12)2-3-13-9/h2-3,5H,1H3. The summed E-state index contributed by atoms with van der Waals surface area (Å²) in [6.45, 7) is 1.83. The number of pyridine rings is 1. The third-order valence-electron chi connectivity index (χ3n) is 1.76. The molecule has 2 heterocycles. The first-order valence-corrected chi connectivity index (χ1v) is 5.54. The van der Waals surface area contributed by atoms with Crippen LogP contribution in [0.25, 0.3) is 0 Å². The van der Waals surface area contributed by atoms with Crippen molar-refractivity contribution in [1.29, 1.82) is 5.26 Å². The topological polar surface area (TPSA) is 62.7 Å². The molecule has 16 heavy (non-hydrogen) atoms. The minimum atomic E-state index is 0.325. The molecule has 0 saturated heterocycles. The smallest absolute Gasteiger partial charge is 0.262 e. The van der Waals surface area contributed by atoms with E-state index in [-0.39, 0.29) is 0 Å². The zero-order chi connectivity index (χ0) is 11.5. The molecule has 2 rings (SSSR count). The van der Waals surface area contributed by atoms with Crippen LogP contribution in [-0.4, -0.2) is 9.97 Å². The fraction of sp³-hybridized carbons (Fsp3) is 0.100. The van der Waals surface area contributed by atoms with Crippen LogP contribution < -0.4 is 0 Å². The molecule has 0 spiro atoms. The van der Waals surface area contributed by atoms with Crippen molar-refractivity contribution < 1.29 is 4.42 Å². The highest BCUT2D eigenvalue weighted by Gasteiger charge is 2.11. The Bertz CT molecular complexity index is 561. The Morgan fingerprint density at radius 1 is 1.56 bits per heavy atom. The molecule has 0 unspecified atom stereocenters. The maximum absolute atomic E-state index is 8.80. The van der Waals surface area contributed by atoms with Gasteiger partial charge in [-0.1, -0.05) is 11.6 Å². The summed E-state index contributed by atoms with van der Waals surface area (Å²) < 4.78 is 5.17. The summed E-state index contributed by atoms with van der Waals surface area (Å²) in [5, 5.41) is 10.1. The van der Waals surface area contributed by atoms with Crippen molar-refractivity contribution in [3.8, 4) is 6.07 Å². The molecule has 6 heteroatoms. The molecule has 0 aliphatic heterocycles. The van der Waals surface area contributed by atoms with Crippen molar-refractivity contribution in [2.45, 2.75) is 17.2 Å². The molecule has 0 amide bonds. The maximum Gasteiger partial charge on any atom is 0.262 e. The molecule has 0 aromatic carbocycles. The quantitative estimate of drug-likeness (QED) is 0.821. The number of oxazole rings is 1. The number of rotatable bonds is 2. The molecule has 0 radical (unpaired) electrons. The summed E-state index contributed by atoms with van der Waals surface area (Å²) in [4.78, 5) is 8.19. The summed E-state index contributed by atoms with van der Waals surface area (Å²) in [5.74, 6) is 0. The van der Waals surface area contributed by atoms with Crippen LogP contribution in [0, 0.1) is 18.3 Å². The Balaban J connectivity index is 2.32. The van der Waals surface area contributed by atoms with Crippen molar-refractivity contribution in [2.24, 2.45) is 0 Å². The number of hydrogen-bond donors (Lipinski definition) is 0. The molecule has 4 nitrogen and oxygen atoms in total. The molecule has 2 aromatic rings. The Morgan fingerprint density at radius 2 is 2.38 bits per heavy atom. The highest BCUT2D eigenvalue weighted by atomic mass is 35.5. The Morgan fingerprint density at radius 3 is 3.00 bits per heavy atom. The van der Waals surface area contributed by atoms with Gasteiger partial charge in [0.1, 0.15) is 17.4 Å². The van der Waals surface area contributed by atoms with E-state index >= 15 is 0 Å². The van der Waals surface area contributed by atoms with Crippen molar-refractivity contribution in [3.05, 3.63) is 34.8 Å². The van der Waals surface area contributed by atoms with Crippen LogP contribution in [0.4, 0.5) is 0 Å². The average molecular weight is 252 g/mol. The minimum Gasteiger partial charge on any atom is -0.439 e. The molecule has 0 atom stereocenters. The van der Waals surface area contributed by atoms with Crippen LogP contribution in [0.15, 0.2) is 33.2 Å². The van der Waals surface area contributed by atoms with Gasteiger partial charge in [0.25, 0.3) is 5.22 Å². The maximum atomic E-state index is 8.80. The highest BCUT2D eigenvalue weighted by molar-refractivity contribution is 7.99. The molecular formula is C10H6ClN3OS. The van der Waals surface area contributed by atoms with Gasteiger partial charge in [0.2, 0.25) is 0 Å². The van der Waals surface area contributed by atoms with Gasteiger partial charge in [-0.15, -0.1) is 0 Å². The summed E-state index contributed by atoms with van der Waals surface area (Å²) in [6.07, 6.45) is 3.08. The molecule has 0 aliphatic rings. The second-order valence-corrected chi connectivity index (χ2v) is 4.26. The number of aryl methyl sites for hydroxylation is 1. The first-order valence-electron chi connectivity index (χ1n) is 4.35. The van der Waals surface area contributed by atoms with Crippen LogP contribution >= 0.6 is 23.4 Å². The minimum absolute atomic E-state index is 0.325. The van der Waals surface area contributed by atoms with Gasteiger partial charge in [-0.2, -0.15) is 5.26 Å². The molecule has 0 aliphatic carbocycles. The van der Waals surface area contributed by atoms with Crippen molar-refractivity contribution in [2.75, 3.05) is 0 Å². The van der Waals surface area contributed by atoms with E-state index in [0.29, 0.717) is 20.8 Å². The van der Waals surface area contributed by atoms with Crippen LogP contribution in [0.3, 0.4) is 0 Å². The number of nitriles is 1. The van der Waals surface area contributed by atoms with Gasteiger partial charge in [-0.3, -0.25) is 0 Å². The number of aromatic nitrogens is 2. The summed E-state index contributed by atoms with van der Waals surface area (Å²) in [6, 6.07) is 3.55. The molecular weight excluding hydrogens is 246 g/mol. The highest BCUT2D eigenvalue weighted by Crippen LogP contribution is 2.32. The first-order chi connectivity index (χ1) is 7.70. The fourth-order valence-corrected chi connectivity index (χ4v) is 2.08. The van der Waals surface area contributed by atoms with Gasteiger partial charge < -0.3 is 4.42 Å². The third kappa shape index (κ3) is 2.18. The largest absolute Gasteiger partial charge is 0.439 e. The van der Waals surface area contributed by atoms with Crippen molar-refractivity contribution >= 4 is 23.4 Å². The Hall–Kier alpha value is -1.51. The summed E-state index contributed by atoms with van der Waals surface area (Å²) >= 11 is 7.18. The molecule has 80 valence electrons. The SMILES string of the molecule is Cc1coc(Sc2nccc(C#N)c2Cl)n1. The van der Waals surface area contributed by atoms with Gasteiger partial charge in [0.15, 0.2) is 0 Å². The van der Waals surface area contributed by atoms with Gasteiger partial charge in [-0.25, -0.2) is 9.97 Å². The second kappa shape index (κ2) is 4.56. The normalized spacial score (nSPS) is 10.1. The zero-order valence-electron chi connectivity index (χ0n) is 8.27. The van der Waals surface area contributed by atoms with E-state index in [1.807, 2.05) is 13.0 Å². The number of hydrogen-bond acceptors (Lipinski definition) is 5. The average Bonchev–Trinajstić information content (AvgIpc) is 2.67. The second-order valence-electron chi connectivity index (χ2n) is 2.95. The van der Waals surface area contributed by atoms with E-state index in [9.17, 15) is 0 Å². The van der Waals surface area contributed by atoms with Crippen LogP contribution in [0.1, 0.15) is 11.3 Å². The van der Waals surface area contributed by atoms with E-state index in [1.54, 1.807) is 12.3 Å². The van der Waals surface area contributed by atoms with Gasteiger partial charge >= 0.3 is 0 Å². The zero-order valence-corrected chi connectivity index (χ0v) is 9.84. The number of halogens is 1. The van der Waals surface area contributed by atoms with Crippen molar-refractivity contribution in [3.63, 3.8) is 0 Å². The Kier molecular flexibility index (Phi) is 3.13. The lowest BCUT2D eigenvalue weighted by atomic mass is 10.3. The van der Waals surface area contributed by atoms with E-state index in [0.717, 1.165) is 5.69 Å². The molecule has 0 fully saturated rings. The predicted molar refractivity (Wildman–Crippen MR) is 59.3 cm³/mol. The lowest BCUT2D eigenvalue weighted by Crippen LogP contribution is -1.85. The molecule has 0 bridgehead atoms. The lowest BCUT2D eigenvalue weighted by Gasteiger charge is -2.00. The van der Waals surface area contributed by atoms with E-state index < -0.39 is 0 Å². The van der Waals surface area contributed by atoms with Gasteiger partial charge in [0.05, 0.1) is 16.3 Å². The van der Waals surface area contributed by atoms with Crippen LogP contribution in [-0.2, 0) is 0 Å². The third-order valence-corrected chi connectivity index (χ3v) is 3.12. The summed E-state index contributed by atoms with van der Waals surface area (Å²) in [5.41, 5.74) is 1.18. The summed E-state index contributed by atoms with van der Waals surface area (Å²) in [7, 11) is 0. The van der Waals surface area contributed by atoms with E-state index in [4.69, 9.17) is 21.3 Å². The molecule has 0 N–H and O–H groups in total. The van der Waals surface area contributed by atoms with E-state index in [1.165, 1.54) is 18.0 Å². The van der Waals surface area contributed by atoms with Gasteiger partial charge in [0, 0.05) is 6.20 Å². The van der Waals surface area contributed by atoms with Crippen molar-refractivity contribution in [1.82, 2.24) is 9.97 Å². The number of nitrogens with zero attached hydrogens (tertiary/aromatic N) is 3. The predicted octanol–water partition coefficient (Wildman–Crippen LogP) is 3.05. The van der Waals surface area contributed by atoms with Crippen LogP contribution in [0.5, 0.6) is 0 Å². The molecule has 2 aromatic heterocycles. The van der Waals surface area contributed by atoms with E-state index in [2.05, 4.69) is 9.97 Å². The monoisotopic (exact) mass is 251 g/mol. The van der Waals surface area contributed by atoms with Gasteiger partial charge in [-0.05, 0) is 24.8 Å².